The molecule has 1 aromatic rings. The largest absolute Gasteiger partial charge is 0.391 e. The molecule has 20 nitrogen and oxygen atoms in total. The van der Waals surface area contributed by atoms with Crippen molar-refractivity contribution in [3.05, 3.63) is 35.9 Å². The molecule has 2 aliphatic rings. The molecule has 0 spiro atoms. The first-order chi connectivity index (χ1) is 34.0. The molecule has 0 bridgehead atoms. The average molecular weight is 1030 g/mol. The Balaban J connectivity index is 2.36. The molecule has 0 aliphatic carbocycles. The van der Waals surface area contributed by atoms with Crippen LogP contribution < -0.4 is 16.0 Å². The summed E-state index contributed by atoms with van der Waals surface area (Å²) in [5.74, 6) is -7.42. The smallest absolute Gasteiger partial charge is 0.255 e. The number of amides is 9. The summed E-state index contributed by atoms with van der Waals surface area (Å²) in [5.41, 5.74) is -0.106. The fourth-order valence-electron chi connectivity index (χ4n) is 9.09. The second-order valence-electron chi connectivity index (χ2n) is 22.2. The predicted octanol–water partition coefficient (Wildman–Crippen LogP) is 1.81. The van der Waals surface area contributed by atoms with Gasteiger partial charge >= 0.3 is 0 Å². The van der Waals surface area contributed by atoms with Crippen LogP contribution in [0, 0.1) is 17.8 Å². The number of aliphatic hydroxyl groups excluding tert-OH is 1. The lowest BCUT2D eigenvalue weighted by atomic mass is 9.96. The van der Waals surface area contributed by atoms with E-state index in [2.05, 4.69) is 16.0 Å². The van der Waals surface area contributed by atoms with Gasteiger partial charge in [0.05, 0.1) is 24.9 Å². The van der Waals surface area contributed by atoms with Crippen LogP contribution in [-0.4, -0.2) is 203 Å². The Bertz CT molecular complexity index is 2070. The minimum atomic E-state index is -1.83. The van der Waals surface area contributed by atoms with Gasteiger partial charge in [0, 0.05) is 54.7 Å². The van der Waals surface area contributed by atoms with Gasteiger partial charge in [-0.15, -0.1) is 0 Å². The third kappa shape index (κ3) is 17.8. The number of hydrogen-bond acceptors (Lipinski definition) is 11. The molecule has 73 heavy (non-hydrogen) atoms. The number of carbonyl (C=O) groups excluding carboxylic acids is 9. The average Bonchev–Trinajstić information content (AvgIpc) is 3.32. The number of rotatable bonds is 12. The third-order valence-corrected chi connectivity index (χ3v) is 13.4. The van der Waals surface area contributed by atoms with Gasteiger partial charge in [0.2, 0.25) is 41.4 Å². The Morgan fingerprint density at radius 2 is 1.08 bits per heavy atom. The van der Waals surface area contributed by atoms with Crippen LogP contribution in [-0.2, 0) is 54.3 Å². The topological polar surface area (TPSA) is 239 Å². The molecule has 2 aliphatic heterocycles. The predicted molar refractivity (Wildman–Crippen MR) is 276 cm³/mol. The van der Waals surface area contributed by atoms with Crippen molar-refractivity contribution in [2.45, 2.75) is 168 Å². The van der Waals surface area contributed by atoms with Crippen LogP contribution in [0.5, 0.6) is 0 Å². The van der Waals surface area contributed by atoms with Crippen LogP contribution in [0.3, 0.4) is 0 Å². The zero-order valence-corrected chi connectivity index (χ0v) is 46.2. The van der Waals surface area contributed by atoms with E-state index in [0.29, 0.717) is 31.5 Å². The lowest BCUT2D eigenvalue weighted by molar-refractivity contribution is -0.155. The summed E-state index contributed by atoms with van der Waals surface area (Å²) in [5, 5.41) is 19.0. The number of nitrogens with one attached hydrogen (secondary N) is 3. The fraction of sp³-hybridized carbons (Fsp3) is 0.717. The van der Waals surface area contributed by atoms with E-state index in [1.54, 1.807) is 51.1 Å². The normalized spacial score (nSPS) is 25.3. The van der Waals surface area contributed by atoms with E-state index in [0.717, 1.165) is 21.1 Å². The molecule has 9 amide bonds. The van der Waals surface area contributed by atoms with E-state index in [-0.39, 0.29) is 50.0 Å². The molecule has 2 heterocycles. The quantitative estimate of drug-likeness (QED) is 0.220. The molecule has 4 N–H and O–H groups in total. The minimum absolute atomic E-state index is 0.00519. The summed E-state index contributed by atoms with van der Waals surface area (Å²) in [4.78, 5) is 139. The molecule has 0 saturated carbocycles. The number of ether oxygens (including phenoxy) is 1. The van der Waals surface area contributed by atoms with E-state index < -0.39 is 114 Å². The number of likely N-dealkylation sites (N-methyl/N-ethyl adjacent to an activating group) is 5. The molecular weight excluding hydrogens is 939 g/mol. The van der Waals surface area contributed by atoms with Crippen molar-refractivity contribution in [3.63, 3.8) is 0 Å². The molecule has 8 atom stereocenters. The van der Waals surface area contributed by atoms with Gasteiger partial charge in [-0.1, -0.05) is 71.9 Å². The molecule has 2 saturated heterocycles. The summed E-state index contributed by atoms with van der Waals surface area (Å²) < 4.78 is 5.99. The number of likely N-dealkylation sites (tertiary alicyclic amines) is 1. The lowest BCUT2D eigenvalue weighted by Crippen LogP contribution is -2.64. The first-order valence-corrected chi connectivity index (χ1v) is 25.8. The number of nitrogens with zero attached hydrogens (tertiary/aromatic N) is 6. The Morgan fingerprint density at radius 1 is 0.616 bits per heavy atom. The van der Waals surface area contributed by atoms with Crippen LogP contribution >= 0.6 is 0 Å². The van der Waals surface area contributed by atoms with E-state index in [1.165, 1.54) is 56.9 Å². The molecular formula is C53H87N9O11. The van der Waals surface area contributed by atoms with Gasteiger partial charge in [-0.05, 0) is 89.5 Å². The van der Waals surface area contributed by atoms with Crippen LogP contribution in [0.4, 0.5) is 0 Å². The molecule has 3 rings (SSSR count). The monoisotopic (exact) mass is 1030 g/mol. The first kappa shape index (κ1) is 61.7. The van der Waals surface area contributed by atoms with Crippen molar-refractivity contribution < 1.29 is 53.0 Å². The number of benzene rings is 1. The number of piperidine rings is 1. The SMILES string of the molecule is CC(C)C[C@H]1C(=O)N(C)[C@@H](Cc2ccccc2)C(=O)N(C)[C@@H](CC(C)C)C(=O)N[C@@H]([C@@H](C)O)C(=O)N(C)CC(=O)N[C@@H](COC(C)(C)C)C(=O)N(C)[C@@H](CC(C)C)C(=O)NC(C(=O)N2CCCCC2)C(=O)N1C. The Hall–Kier alpha value is -5.63. The minimum Gasteiger partial charge on any atom is -0.391 e. The maximum atomic E-state index is 15.2. The lowest BCUT2D eigenvalue weighted by Gasteiger charge is -2.39. The highest BCUT2D eigenvalue weighted by atomic mass is 16.5. The molecule has 20 heteroatoms. The Labute approximate surface area is 433 Å². The molecule has 0 radical (unpaired) electrons. The van der Waals surface area contributed by atoms with E-state index in [4.69, 9.17) is 4.74 Å². The van der Waals surface area contributed by atoms with Crippen LogP contribution in [0.25, 0.3) is 0 Å². The Kier molecular flexibility index (Phi) is 23.3. The van der Waals surface area contributed by atoms with Crippen molar-refractivity contribution in [2.75, 3.05) is 61.5 Å². The van der Waals surface area contributed by atoms with Gasteiger partial charge in [0.1, 0.15) is 36.3 Å². The van der Waals surface area contributed by atoms with Crippen molar-refractivity contribution in [2.24, 2.45) is 17.8 Å². The number of carbonyl (C=O) groups is 9. The van der Waals surface area contributed by atoms with Crippen LogP contribution in [0.15, 0.2) is 30.3 Å². The van der Waals surface area contributed by atoms with Crippen LogP contribution in [0.2, 0.25) is 0 Å². The van der Waals surface area contributed by atoms with E-state index >= 15 is 14.4 Å². The molecule has 410 valence electrons. The number of hydrogen-bond donors (Lipinski definition) is 4. The van der Waals surface area contributed by atoms with Crippen molar-refractivity contribution in [1.29, 1.82) is 0 Å². The van der Waals surface area contributed by atoms with Crippen LogP contribution in [0.1, 0.15) is 113 Å². The zero-order chi connectivity index (χ0) is 55.2. The zero-order valence-electron chi connectivity index (χ0n) is 46.2. The molecule has 1 unspecified atom stereocenters. The summed E-state index contributed by atoms with van der Waals surface area (Å²) in [6.07, 6.45) is 0.977. The molecule has 1 aromatic carbocycles. The molecule has 0 aromatic heterocycles. The van der Waals surface area contributed by atoms with Crippen molar-refractivity contribution in [1.82, 2.24) is 45.3 Å². The van der Waals surface area contributed by atoms with Gasteiger partial charge < -0.3 is 55.2 Å². The standard InChI is InChI=1S/C53H87N9O11/c1-32(2)26-38-46(66)56-44(52(72)62-24-20-17-21-25-62)51(71)61(15)40(28-34(5)6)48(68)60(14)41(29-36-22-18-16-19-23-36)49(69)59(13)39(27-33(3)4)45(65)55-43(35(7)63)50(70)57(11)30-42(64)54-37(47(67)58(38)12)31-73-53(8,9)10/h16,18-19,22-23,32-35,37-41,43-44,63H,17,20-21,24-31H2,1-15H3,(H,54,64)(H,55,65)(H,56,66)/t35-,37+,38+,39+,40+,41+,43+,44?/m1/s1. The highest BCUT2D eigenvalue weighted by Crippen LogP contribution is 2.23. The van der Waals surface area contributed by atoms with Gasteiger partial charge in [-0.2, -0.15) is 0 Å². The third-order valence-electron chi connectivity index (χ3n) is 13.4. The first-order valence-electron chi connectivity index (χ1n) is 25.8. The second kappa shape index (κ2) is 27.6. The van der Waals surface area contributed by atoms with Gasteiger partial charge in [-0.25, -0.2) is 0 Å². The second-order valence-corrected chi connectivity index (χ2v) is 22.2. The summed E-state index contributed by atoms with van der Waals surface area (Å²) in [7, 11) is 6.93. The summed E-state index contributed by atoms with van der Waals surface area (Å²) >= 11 is 0. The maximum Gasteiger partial charge on any atom is 0.255 e. The highest BCUT2D eigenvalue weighted by Gasteiger charge is 2.44. The highest BCUT2D eigenvalue weighted by molar-refractivity contribution is 6.09. The van der Waals surface area contributed by atoms with Crippen molar-refractivity contribution in [3.8, 4) is 0 Å². The Morgan fingerprint density at radius 3 is 1.59 bits per heavy atom. The molecule has 2 fully saturated rings. The van der Waals surface area contributed by atoms with Crippen molar-refractivity contribution >= 4 is 53.2 Å². The van der Waals surface area contributed by atoms with Gasteiger partial charge in [0.15, 0.2) is 6.04 Å². The van der Waals surface area contributed by atoms with Gasteiger partial charge in [-0.3, -0.25) is 43.2 Å². The maximum absolute atomic E-state index is 15.2. The van der Waals surface area contributed by atoms with E-state index in [9.17, 15) is 33.9 Å². The summed E-state index contributed by atoms with van der Waals surface area (Å²) in [6, 6.07) is -0.882. The van der Waals surface area contributed by atoms with E-state index in [1.807, 2.05) is 41.5 Å². The fourth-order valence-corrected chi connectivity index (χ4v) is 9.09. The summed E-state index contributed by atoms with van der Waals surface area (Å²) in [6.45, 7) is 17.3. The van der Waals surface area contributed by atoms with Gasteiger partial charge in [0.25, 0.3) is 11.8 Å². The number of aliphatic hydroxyl groups is 1.